The number of anilines is 1. The Hall–Kier alpha value is -4.97. The van der Waals surface area contributed by atoms with Crippen molar-refractivity contribution in [2.75, 3.05) is 12.0 Å². The SMILES string of the molecule is COc1cc(/C=C2/NC(=O)N(c3cccc(Cl)c3)C2=O)ccc1Oc1ccc([N+](=O)[O-])cc1[N+](=O)[O-]. The number of rotatable bonds is 7. The standard InChI is InChI=1S/C23H15ClN4O8/c1-35-21-10-13(9-17-22(29)26(23(30)25-17)15-4-2-3-14(24)11-15)5-7-20(21)36-19-8-6-16(27(31)32)12-18(19)28(33)34/h2-12H,1H3,(H,25,30)/b17-9+. The summed E-state index contributed by atoms with van der Waals surface area (Å²) in [6.07, 6.45) is 1.42. The predicted octanol–water partition coefficient (Wildman–Crippen LogP) is 5.05. The van der Waals surface area contributed by atoms with Crippen LogP contribution in [0.4, 0.5) is 21.9 Å². The Kier molecular flexibility index (Phi) is 6.52. The molecule has 3 aromatic rings. The highest BCUT2D eigenvalue weighted by molar-refractivity contribution is 6.32. The molecule has 0 atom stereocenters. The van der Waals surface area contributed by atoms with E-state index in [1.54, 1.807) is 18.2 Å². The van der Waals surface area contributed by atoms with E-state index in [1.165, 1.54) is 37.5 Å². The average molecular weight is 511 g/mol. The van der Waals surface area contributed by atoms with Crippen LogP contribution in [-0.4, -0.2) is 28.9 Å². The molecule has 0 radical (unpaired) electrons. The van der Waals surface area contributed by atoms with Crippen molar-refractivity contribution in [3.8, 4) is 17.2 Å². The van der Waals surface area contributed by atoms with Crippen LogP contribution in [0, 0.1) is 20.2 Å². The summed E-state index contributed by atoms with van der Waals surface area (Å²) in [6, 6.07) is 13.1. The molecule has 3 amide bonds. The van der Waals surface area contributed by atoms with E-state index in [4.69, 9.17) is 21.1 Å². The number of nitro groups is 2. The lowest BCUT2D eigenvalue weighted by atomic mass is 10.1. The quantitative estimate of drug-likeness (QED) is 0.200. The molecule has 4 rings (SSSR count). The number of imide groups is 1. The number of benzene rings is 3. The summed E-state index contributed by atoms with van der Waals surface area (Å²) in [5.74, 6) is -0.590. The first-order chi connectivity index (χ1) is 17.2. The number of nitrogens with zero attached hydrogens (tertiary/aromatic N) is 3. The second-order valence-electron chi connectivity index (χ2n) is 7.29. The monoisotopic (exact) mass is 510 g/mol. The van der Waals surface area contributed by atoms with Gasteiger partial charge in [-0.3, -0.25) is 25.0 Å². The number of hydrogen-bond donors (Lipinski definition) is 1. The molecule has 0 aliphatic carbocycles. The number of non-ortho nitro benzene ring substituents is 1. The molecule has 13 heteroatoms. The van der Waals surface area contributed by atoms with Gasteiger partial charge in [-0.15, -0.1) is 0 Å². The highest BCUT2D eigenvalue weighted by Crippen LogP contribution is 2.38. The van der Waals surface area contributed by atoms with Crippen molar-refractivity contribution >= 4 is 46.7 Å². The molecule has 1 heterocycles. The van der Waals surface area contributed by atoms with Gasteiger partial charge in [-0.25, -0.2) is 9.69 Å². The zero-order valence-electron chi connectivity index (χ0n) is 18.3. The first-order valence-corrected chi connectivity index (χ1v) is 10.5. The number of carbonyl (C=O) groups excluding carboxylic acids is 2. The zero-order chi connectivity index (χ0) is 26.0. The van der Waals surface area contributed by atoms with Crippen LogP contribution >= 0.6 is 11.6 Å². The van der Waals surface area contributed by atoms with E-state index in [0.29, 0.717) is 16.3 Å². The molecule has 0 aromatic heterocycles. The molecule has 3 aromatic carbocycles. The van der Waals surface area contributed by atoms with Crippen LogP contribution in [0.5, 0.6) is 17.2 Å². The second-order valence-corrected chi connectivity index (χ2v) is 7.72. The van der Waals surface area contributed by atoms with Crippen LogP contribution in [0.15, 0.2) is 66.4 Å². The molecular formula is C23H15ClN4O8. The molecule has 1 fully saturated rings. The molecule has 0 spiro atoms. The summed E-state index contributed by atoms with van der Waals surface area (Å²) in [6.45, 7) is 0. The molecule has 1 saturated heterocycles. The number of nitrogens with one attached hydrogen (secondary N) is 1. The second kappa shape index (κ2) is 9.72. The molecule has 0 unspecified atom stereocenters. The van der Waals surface area contributed by atoms with Crippen molar-refractivity contribution < 1.29 is 28.9 Å². The smallest absolute Gasteiger partial charge is 0.333 e. The number of halogens is 1. The third-order valence-electron chi connectivity index (χ3n) is 5.01. The molecular weight excluding hydrogens is 496 g/mol. The van der Waals surface area contributed by atoms with Gasteiger partial charge in [-0.1, -0.05) is 23.7 Å². The first kappa shape index (κ1) is 24.2. The highest BCUT2D eigenvalue weighted by atomic mass is 35.5. The van der Waals surface area contributed by atoms with Gasteiger partial charge in [0.15, 0.2) is 11.5 Å². The number of carbonyl (C=O) groups is 2. The normalized spacial score (nSPS) is 14.1. The van der Waals surface area contributed by atoms with E-state index < -0.39 is 33.2 Å². The minimum Gasteiger partial charge on any atom is -0.493 e. The third-order valence-corrected chi connectivity index (χ3v) is 5.25. The largest absolute Gasteiger partial charge is 0.493 e. The molecule has 36 heavy (non-hydrogen) atoms. The third kappa shape index (κ3) is 4.79. The van der Waals surface area contributed by atoms with Gasteiger partial charge in [0.1, 0.15) is 5.70 Å². The molecule has 0 bridgehead atoms. The first-order valence-electron chi connectivity index (χ1n) is 10.1. The van der Waals surface area contributed by atoms with Crippen molar-refractivity contribution in [3.05, 3.63) is 97.2 Å². The minimum atomic E-state index is -0.798. The van der Waals surface area contributed by atoms with Gasteiger partial charge in [0.25, 0.3) is 11.6 Å². The minimum absolute atomic E-state index is 0.00158. The maximum Gasteiger partial charge on any atom is 0.333 e. The van der Waals surface area contributed by atoms with E-state index >= 15 is 0 Å². The van der Waals surface area contributed by atoms with Crippen LogP contribution in [-0.2, 0) is 4.79 Å². The Labute approximate surface area is 207 Å². The lowest BCUT2D eigenvalue weighted by molar-refractivity contribution is -0.394. The van der Waals surface area contributed by atoms with Crippen molar-refractivity contribution in [2.45, 2.75) is 0 Å². The predicted molar refractivity (Wildman–Crippen MR) is 128 cm³/mol. The Morgan fingerprint density at radius 1 is 0.944 bits per heavy atom. The summed E-state index contributed by atoms with van der Waals surface area (Å²) >= 11 is 5.96. The van der Waals surface area contributed by atoms with Crippen LogP contribution < -0.4 is 19.7 Å². The summed E-state index contributed by atoms with van der Waals surface area (Å²) in [7, 11) is 1.34. The van der Waals surface area contributed by atoms with Crippen molar-refractivity contribution in [1.82, 2.24) is 5.32 Å². The van der Waals surface area contributed by atoms with Crippen LogP contribution in [0.1, 0.15) is 5.56 Å². The molecule has 0 saturated carbocycles. The Morgan fingerprint density at radius 2 is 1.69 bits per heavy atom. The van der Waals surface area contributed by atoms with Crippen molar-refractivity contribution in [3.63, 3.8) is 0 Å². The maximum atomic E-state index is 12.8. The fourth-order valence-corrected chi connectivity index (χ4v) is 3.56. The Balaban J connectivity index is 1.62. The van der Waals surface area contributed by atoms with Gasteiger partial charge >= 0.3 is 11.7 Å². The van der Waals surface area contributed by atoms with Crippen LogP contribution in [0.3, 0.4) is 0 Å². The summed E-state index contributed by atoms with van der Waals surface area (Å²) in [4.78, 5) is 46.9. The topological polar surface area (TPSA) is 154 Å². The number of hydrogen-bond acceptors (Lipinski definition) is 8. The zero-order valence-corrected chi connectivity index (χ0v) is 19.1. The van der Waals surface area contributed by atoms with Crippen molar-refractivity contribution in [1.29, 1.82) is 0 Å². The number of amides is 3. The molecule has 1 N–H and O–H groups in total. The fraction of sp³-hybridized carbons (Fsp3) is 0.0435. The molecule has 1 aliphatic heterocycles. The molecule has 12 nitrogen and oxygen atoms in total. The number of methoxy groups -OCH3 is 1. The molecule has 1 aliphatic rings. The lowest BCUT2D eigenvalue weighted by Crippen LogP contribution is -2.30. The number of ether oxygens (including phenoxy) is 2. The van der Waals surface area contributed by atoms with Gasteiger partial charge in [-0.05, 0) is 48.0 Å². The molecule has 182 valence electrons. The van der Waals surface area contributed by atoms with E-state index in [2.05, 4.69) is 5.32 Å². The van der Waals surface area contributed by atoms with E-state index in [1.807, 2.05) is 0 Å². The van der Waals surface area contributed by atoms with E-state index in [-0.39, 0.29) is 22.9 Å². The average Bonchev–Trinajstić information content (AvgIpc) is 3.12. The van der Waals surface area contributed by atoms with Crippen LogP contribution in [0.25, 0.3) is 6.08 Å². The van der Waals surface area contributed by atoms with Gasteiger partial charge in [0.2, 0.25) is 5.75 Å². The maximum absolute atomic E-state index is 12.8. The summed E-state index contributed by atoms with van der Waals surface area (Å²) < 4.78 is 10.9. The number of nitro benzene ring substituents is 2. The van der Waals surface area contributed by atoms with Gasteiger partial charge in [0.05, 0.1) is 28.7 Å². The number of urea groups is 1. The highest BCUT2D eigenvalue weighted by Gasteiger charge is 2.35. The fourth-order valence-electron chi connectivity index (χ4n) is 3.38. The van der Waals surface area contributed by atoms with Gasteiger partial charge in [0, 0.05) is 11.1 Å². The summed E-state index contributed by atoms with van der Waals surface area (Å²) in [5, 5.41) is 25.2. The van der Waals surface area contributed by atoms with E-state index in [9.17, 15) is 29.8 Å². The van der Waals surface area contributed by atoms with E-state index in [0.717, 1.165) is 23.1 Å². The van der Waals surface area contributed by atoms with Crippen LogP contribution in [0.2, 0.25) is 5.02 Å². The Bertz CT molecular complexity index is 1460. The van der Waals surface area contributed by atoms with Gasteiger partial charge < -0.3 is 14.8 Å². The Morgan fingerprint density at radius 3 is 2.36 bits per heavy atom. The van der Waals surface area contributed by atoms with Gasteiger partial charge in [-0.2, -0.15) is 0 Å². The van der Waals surface area contributed by atoms with Crippen molar-refractivity contribution in [2.24, 2.45) is 0 Å². The summed E-state index contributed by atoms with van der Waals surface area (Å²) in [5.41, 5.74) is -0.300. The lowest BCUT2D eigenvalue weighted by Gasteiger charge is -2.12.